The molecule has 2 heterocycles. The number of carbonyl (C=O) groups excluding carboxylic acids is 1. The van der Waals surface area contributed by atoms with E-state index in [1.165, 1.54) is 0 Å². The second-order valence-corrected chi connectivity index (χ2v) is 12.4. The van der Waals surface area contributed by atoms with Crippen molar-refractivity contribution >= 4 is 27.0 Å². The van der Waals surface area contributed by atoms with Gasteiger partial charge in [0.25, 0.3) is 5.91 Å². The monoisotopic (exact) mass is 499 g/mol. The van der Waals surface area contributed by atoms with Gasteiger partial charge in [-0.3, -0.25) is 4.79 Å². The molecule has 0 atom stereocenters. The van der Waals surface area contributed by atoms with Gasteiger partial charge in [-0.15, -0.1) is 0 Å². The lowest BCUT2D eigenvalue weighted by Crippen LogP contribution is -2.32. The summed E-state index contributed by atoms with van der Waals surface area (Å²) in [6.45, 7) is 15.9. The maximum atomic E-state index is 13.5. The van der Waals surface area contributed by atoms with E-state index in [4.69, 9.17) is 10.1 Å². The summed E-state index contributed by atoms with van der Waals surface area (Å²) in [7, 11) is -3.49. The summed E-state index contributed by atoms with van der Waals surface area (Å²) in [5, 5.41) is 8.43. The molecule has 3 rings (SSSR count). The maximum Gasteiger partial charge on any atom is 0.252 e. The minimum atomic E-state index is -3.49. The zero-order chi connectivity index (χ0) is 26.1. The smallest absolute Gasteiger partial charge is 0.252 e. The molecule has 0 spiro atoms. The Bertz CT molecular complexity index is 1340. The highest BCUT2D eigenvalue weighted by molar-refractivity contribution is 7.88. The van der Waals surface area contributed by atoms with Gasteiger partial charge in [0, 0.05) is 18.3 Å². The lowest BCUT2D eigenvalue weighted by molar-refractivity contribution is 0.0952. The number of fused-ring (bicyclic) bond motifs is 1. The van der Waals surface area contributed by atoms with Crippen molar-refractivity contribution in [3.05, 3.63) is 58.4 Å². The minimum Gasteiger partial charge on any atom is -0.348 e. The number of hydrogen-bond acceptors (Lipinski definition) is 5. The summed E-state index contributed by atoms with van der Waals surface area (Å²) in [5.41, 5.74) is 3.90. The van der Waals surface area contributed by atoms with E-state index >= 15 is 0 Å². The Hall–Kier alpha value is -2.78. The highest BCUT2D eigenvalue weighted by Gasteiger charge is 2.25. The molecule has 8 nitrogen and oxygen atoms in total. The minimum absolute atomic E-state index is 0.133. The number of sulfonamides is 1. The van der Waals surface area contributed by atoms with Crippen molar-refractivity contribution < 1.29 is 13.2 Å². The zero-order valence-corrected chi connectivity index (χ0v) is 22.7. The number of aromatic nitrogens is 3. The average Bonchev–Trinajstić information content (AvgIpc) is 3.08. The molecule has 9 heteroatoms. The van der Waals surface area contributed by atoms with Crippen molar-refractivity contribution in [2.24, 2.45) is 0 Å². The van der Waals surface area contributed by atoms with Crippen LogP contribution in [-0.2, 0) is 27.9 Å². The Morgan fingerprint density at radius 3 is 2.29 bits per heavy atom. The Balaban J connectivity index is 1.95. The Morgan fingerprint density at radius 2 is 1.71 bits per heavy atom. The molecule has 0 radical (unpaired) electrons. The fraction of sp³-hybridized carbons (Fsp3) is 0.500. The van der Waals surface area contributed by atoms with Gasteiger partial charge in [0.05, 0.1) is 27.9 Å². The average molecular weight is 500 g/mol. The summed E-state index contributed by atoms with van der Waals surface area (Å²) < 4.78 is 29.4. The van der Waals surface area contributed by atoms with Gasteiger partial charge in [0.15, 0.2) is 5.65 Å². The van der Waals surface area contributed by atoms with E-state index in [9.17, 15) is 13.2 Å². The van der Waals surface area contributed by atoms with Crippen LogP contribution in [0, 0.1) is 6.92 Å². The van der Waals surface area contributed by atoms with Crippen molar-refractivity contribution in [2.45, 2.75) is 85.2 Å². The summed E-state index contributed by atoms with van der Waals surface area (Å²) in [6, 6.07) is 8.91. The molecule has 2 N–H and O–H groups in total. The second-order valence-electron chi connectivity index (χ2n) is 10.6. The molecule has 3 aromatic rings. The fourth-order valence-electron chi connectivity index (χ4n) is 4.00. The maximum absolute atomic E-state index is 13.5. The number of nitrogens with one attached hydrogen (secondary N) is 2. The Morgan fingerprint density at radius 1 is 1.09 bits per heavy atom. The number of amides is 1. The lowest BCUT2D eigenvalue weighted by atomic mass is 10.0. The van der Waals surface area contributed by atoms with Crippen LogP contribution in [0.15, 0.2) is 30.3 Å². The first-order valence-electron chi connectivity index (χ1n) is 12.0. The molecule has 0 unspecified atom stereocenters. The molecule has 2 aromatic heterocycles. The van der Waals surface area contributed by atoms with Crippen molar-refractivity contribution in [1.29, 1.82) is 0 Å². The van der Waals surface area contributed by atoms with Gasteiger partial charge in [-0.2, -0.15) is 5.10 Å². The standard InChI is InChI=1S/C26H37N5O3S/c1-16(2)22-13-21(23-18(5)29-31(24(23)28-22)26(6,7)8)25(32)27-14-19-11-9-10-12-20(19)15-35(33,34)30-17(3)4/h9-13,16-17,30H,14-15H2,1-8H3,(H,27,32). The van der Waals surface area contributed by atoms with Crippen molar-refractivity contribution in [1.82, 2.24) is 24.8 Å². The third kappa shape index (κ3) is 6.27. The van der Waals surface area contributed by atoms with Gasteiger partial charge in [-0.1, -0.05) is 38.1 Å². The van der Waals surface area contributed by atoms with Crippen LogP contribution >= 0.6 is 0 Å². The highest BCUT2D eigenvalue weighted by Crippen LogP contribution is 2.29. The van der Waals surface area contributed by atoms with Crippen molar-refractivity contribution in [2.75, 3.05) is 0 Å². The first-order valence-corrected chi connectivity index (χ1v) is 13.6. The van der Waals surface area contributed by atoms with Crippen molar-refractivity contribution in [3.8, 4) is 0 Å². The molecule has 0 aliphatic heterocycles. The van der Waals surface area contributed by atoms with E-state index in [2.05, 4.69) is 30.8 Å². The third-order valence-electron chi connectivity index (χ3n) is 5.62. The van der Waals surface area contributed by atoms with E-state index in [1.807, 2.05) is 43.7 Å². The predicted octanol–water partition coefficient (Wildman–Crippen LogP) is 4.38. The van der Waals surface area contributed by atoms with E-state index in [0.29, 0.717) is 16.8 Å². The van der Waals surface area contributed by atoms with Crippen LogP contribution in [0.2, 0.25) is 0 Å². The first-order chi connectivity index (χ1) is 16.2. The molecule has 0 aliphatic rings. The first kappa shape index (κ1) is 26.8. The summed E-state index contributed by atoms with van der Waals surface area (Å²) in [5.74, 6) is -0.256. The largest absolute Gasteiger partial charge is 0.348 e. The molecular weight excluding hydrogens is 462 g/mol. The Kier molecular flexibility index (Phi) is 7.71. The van der Waals surface area contributed by atoms with Gasteiger partial charge < -0.3 is 5.32 Å². The van der Waals surface area contributed by atoms with Crippen LogP contribution < -0.4 is 10.0 Å². The molecule has 190 valence electrons. The van der Waals surface area contributed by atoms with E-state index in [1.54, 1.807) is 26.0 Å². The molecule has 0 saturated heterocycles. The van der Waals surface area contributed by atoms with Crippen LogP contribution in [0.5, 0.6) is 0 Å². The van der Waals surface area contributed by atoms with Gasteiger partial charge in [-0.05, 0) is 64.7 Å². The topological polar surface area (TPSA) is 106 Å². The quantitative estimate of drug-likeness (QED) is 0.479. The molecule has 0 saturated carbocycles. The van der Waals surface area contributed by atoms with Crippen molar-refractivity contribution in [3.63, 3.8) is 0 Å². The van der Waals surface area contributed by atoms with Gasteiger partial charge >= 0.3 is 0 Å². The molecular formula is C26H37N5O3S. The number of benzene rings is 1. The van der Waals surface area contributed by atoms with Crippen LogP contribution in [0.3, 0.4) is 0 Å². The molecule has 0 aliphatic carbocycles. The van der Waals surface area contributed by atoms with E-state index in [0.717, 1.165) is 22.3 Å². The van der Waals surface area contributed by atoms with Crippen LogP contribution in [-0.4, -0.2) is 35.1 Å². The normalized spacial score (nSPS) is 12.6. The fourth-order valence-corrected chi connectivity index (χ4v) is 5.49. The molecule has 1 aromatic carbocycles. The van der Waals surface area contributed by atoms with Crippen LogP contribution in [0.1, 0.15) is 87.3 Å². The number of pyridine rings is 1. The summed E-state index contributed by atoms with van der Waals surface area (Å²) >= 11 is 0. The number of rotatable bonds is 8. The van der Waals surface area contributed by atoms with E-state index < -0.39 is 10.0 Å². The molecule has 35 heavy (non-hydrogen) atoms. The number of nitrogens with zero attached hydrogens (tertiary/aromatic N) is 3. The van der Waals surface area contributed by atoms with Crippen LogP contribution in [0.4, 0.5) is 0 Å². The molecule has 0 fully saturated rings. The summed E-state index contributed by atoms with van der Waals surface area (Å²) in [4.78, 5) is 18.3. The molecule has 1 amide bonds. The Labute approximate surface area is 208 Å². The predicted molar refractivity (Wildman–Crippen MR) is 140 cm³/mol. The SMILES string of the molecule is Cc1nn(C(C)(C)C)c2nc(C(C)C)cc(C(=O)NCc3ccccc3CS(=O)(=O)NC(C)C)c12. The number of aryl methyl sites for hydroxylation is 1. The van der Waals surface area contributed by atoms with Gasteiger partial charge in [0.1, 0.15) is 0 Å². The van der Waals surface area contributed by atoms with Gasteiger partial charge in [0.2, 0.25) is 10.0 Å². The number of carbonyl (C=O) groups is 1. The highest BCUT2D eigenvalue weighted by atomic mass is 32.2. The second kappa shape index (κ2) is 10.1. The lowest BCUT2D eigenvalue weighted by Gasteiger charge is -2.20. The van der Waals surface area contributed by atoms with Gasteiger partial charge in [-0.25, -0.2) is 22.8 Å². The number of hydrogen-bond donors (Lipinski definition) is 2. The summed E-state index contributed by atoms with van der Waals surface area (Å²) in [6.07, 6.45) is 0. The van der Waals surface area contributed by atoms with E-state index in [-0.39, 0.29) is 35.7 Å². The molecule has 0 bridgehead atoms. The van der Waals surface area contributed by atoms with Crippen LogP contribution in [0.25, 0.3) is 11.0 Å². The zero-order valence-electron chi connectivity index (χ0n) is 21.9. The third-order valence-corrected chi connectivity index (χ3v) is 7.14.